The second-order valence-electron chi connectivity index (χ2n) is 4.32. The van der Waals surface area contributed by atoms with Crippen LogP contribution in [0.2, 0.25) is 0 Å². The van der Waals surface area contributed by atoms with Gasteiger partial charge < -0.3 is 9.84 Å². The highest BCUT2D eigenvalue weighted by Crippen LogP contribution is 2.30. The number of alkyl halides is 2. The van der Waals surface area contributed by atoms with Gasteiger partial charge in [0.2, 0.25) is 0 Å². The summed E-state index contributed by atoms with van der Waals surface area (Å²) in [5, 5.41) is 8.20. The first-order chi connectivity index (χ1) is 10.6. The maximum absolute atomic E-state index is 13.9. The summed E-state index contributed by atoms with van der Waals surface area (Å²) >= 11 is 0. The van der Waals surface area contributed by atoms with E-state index in [0.29, 0.717) is 18.2 Å². The Hall–Kier alpha value is -2.71. The average Bonchev–Trinajstić information content (AvgIpc) is 2.43. The molecule has 3 nitrogen and oxygen atoms in total. The summed E-state index contributed by atoms with van der Waals surface area (Å²) in [4.78, 5) is 10.2. The highest BCUT2D eigenvalue weighted by Gasteiger charge is 2.42. The third kappa shape index (κ3) is 3.38. The first-order valence-corrected chi connectivity index (χ1v) is 5.86. The third-order valence-corrected chi connectivity index (χ3v) is 2.73. The summed E-state index contributed by atoms with van der Waals surface area (Å²) in [6.07, 6.45) is -4.58. The van der Waals surface area contributed by atoms with Gasteiger partial charge in [-0.25, -0.2) is 22.4 Å². The molecule has 0 aliphatic heterocycles. The van der Waals surface area contributed by atoms with Crippen molar-refractivity contribution < 1.29 is 41.0 Å². The van der Waals surface area contributed by atoms with Crippen LogP contribution in [0.1, 0.15) is 0 Å². The Bertz CT molecular complexity index is 752. The molecular weight excluding hydrogens is 330 g/mol. The van der Waals surface area contributed by atoms with Crippen LogP contribution in [0.4, 0.5) is 26.3 Å². The quantitative estimate of drug-likeness (QED) is 0.679. The van der Waals surface area contributed by atoms with Crippen LogP contribution in [-0.4, -0.2) is 17.2 Å². The lowest BCUT2D eigenvalue weighted by atomic mass is 10.0. The molecule has 0 amide bonds. The zero-order valence-corrected chi connectivity index (χ0v) is 10.9. The van der Waals surface area contributed by atoms with Gasteiger partial charge in [-0.05, 0) is 29.8 Å². The van der Waals surface area contributed by atoms with Gasteiger partial charge in [-0.3, -0.25) is 0 Å². The molecule has 0 saturated carbocycles. The van der Waals surface area contributed by atoms with Crippen LogP contribution in [0.5, 0.6) is 5.75 Å². The third-order valence-electron chi connectivity index (χ3n) is 2.73. The molecule has 2 aromatic rings. The number of rotatable bonds is 4. The van der Waals surface area contributed by atoms with E-state index >= 15 is 0 Å². The van der Waals surface area contributed by atoms with Crippen molar-refractivity contribution in [1.29, 1.82) is 0 Å². The first-order valence-electron chi connectivity index (χ1n) is 5.86. The molecule has 122 valence electrons. The van der Waals surface area contributed by atoms with Gasteiger partial charge in [0.05, 0.1) is 0 Å². The standard InChI is InChI=1S/C14H6F6O3/c15-9-5-7(23-14(19,20)13(21)22)1-2-8(9)6-3-10(16)12(18)11(17)4-6/h1-5H,(H,21,22). The molecule has 2 aromatic carbocycles. The van der Waals surface area contributed by atoms with Gasteiger partial charge in [-0.1, -0.05) is 0 Å². The second-order valence-corrected chi connectivity index (χ2v) is 4.32. The Kier molecular flexibility index (Phi) is 4.22. The molecule has 0 bridgehead atoms. The highest BCUT2D eigenvalue weighted by atomic mass is 19.3. The van der Waals surface area contributed by atoms with E-state index in [1.807, 2.05) is 0 Å². The molecule has 0 aliphatic rings. The molecular formula is C14H6F6O3. The molecule has 0 atom stereocenters. The molecule has 2 rings (SSSR count). The van der Waals surface area contributed by atoms with Crippen molar-refractivity contribution >= 4 is 5.97 Å². The molecule has 0 heterocycles. The van der Waals surface area contributed by atoms with Gasteiger partial charge in [-0.15, -0.1) is 0 Å². The smallest absolute Gasteiger partial charge is 0.474 e. The Morgan fingerprint density at radius 2 is 1.52 bits per heavy atom. The fourth-order valence-corrected chi connectivity index (χ4v) is 1.70. The average molecular weight is 336 g/mol. The van der Waals surface area contributed by atoms with Gasteiger partial charge in [0.1, 0.15) is 11.6 Å². The van der Waals surface area contributed by atoms with E-state index < -0.39 is 46.7 Å². The number of carboxylic acid groups (broad SMARTS) is 1. The number of carboxylic acids is 1. The molecule has 1 N–H and O–H groups in total. The van der Waals surface area contributed by atoms with E-state index in [-0.39, 0.29) is 5.56 Å². The minimum Gasteiger partial charge on any atom is -0.474 e. The highest BCUT2D eigenvalue weighted by molar-refractivity contribution is 5.74. The summed E-state index contributed by atoms with van der Waals surface area (Å²) in [6.45, 7) is 0. The maximum Gasteiger partial charge on any atom is 0.501 e. The number of aliphatic carboxylic acids is 1. The van der Waals surface area contributed by atoms with Gasteiger partial charge >= 0.3 is 12.1 Å². The second kappa shape index (κ2) is 5.82. The number of hydrogen-bond acceptors (Lipinski definition) is 2. The van der Waals surface area contributed by atoms with Crippen molar-refractivity contribution in [2.24, 2.45) is 0 Å². The maximum atomic E-state index is 13.9. The zero-order valence-electron chi connectivity index (χ0n) is 10.9. The summed E-state index contributed by atoms with van der Waals surface area (Å²) in [5.41, 5.74) is -0.802. The normalized spacial score (nSPS) is 11.4. The monoisotopic (exact) mass is 336 g/mol. The van der Waals surface area contributed by atoms with Crippen LogP contribution in [-0.2, 0) is 4.79 Å². The van der Waals surface area contributed by atoms with Gasteiger partial charge in [0, 0.05) is 11.6 Å². The zero-order chi connectivity index (χ0) is 17.4. The van der Waals surface area contributed by atoms with Crippen LogP contribution in [0.15, 0.2) is 30.3 Å². The molecule has 9 heteroatoms. The molecule has 23 heavy (non-hydrogen) atoms. The summed E-state index contributed by atoms with van der Waals surface area (Å²) in [5.74, 6) is -9.48. The number of ether oxygens (including phenoxy) is 1. The van der Waals surface area contributed by atoms with Gasteiger partial charge in [0.15, 0.2) is 17.5 Å². The van der Waals surface area contributed by atoms with Crippen molar-refractivity contribution in [3.05, 3.63) is 53.6 Å². The number of halogens is 6. The lowest BCUT2D eigenvalue weighted by Crippen LogP contribution is -2.34. The number of carbonyl (C=O) groups is 1. The molecule has 0 aromatic heterocycles. The Balaban J connectivity index is 2.39. The Labute approximate surface area is 124 Å². The van der Waals surface area contributed by atoms with E-state index in [9.17, 15) is 31.1 Å². The SMILES string of the molecule is O=C(O)C(F)(F)Oc1ccc(-c2cc(F)c(F)c(F)c2)c(F)c1. The van der Waals surface area contributed by atoms with E-state index in [1.54, 1.807) is 0 Å². The summed E-state index contributed by atoms with van der Waals surface area (Å²) in [7, 11) is 0. The summed E-state index contributed by atoms with van der Waals surface area (Å²) < 4.78 is 82.5. The lowest BCUT2D eigenvalue weighted by Gasteiger charge is -2.14. The van der Waals surface area contributed by atoms with Crippen LogP contribution in [0.25, 0.3) is 11.1 Å². The fraction of sp³-hybridized carbons (Fsp3) is 0.0714. The lowest BCUT2D eigenvalue weighted by molar-refractivity contribution is -0.210. The van der Waals surface area contributed by atoms with Crippen molar-refractivity contribution in [2.75, 3.05) is 0 Å². The van der Waals surface area contributed by atoms with Crippen LogP contribution in [0, 0.1) is 23.3 Å². The Morgan fingerprint density at radius 1 is 0.957 bits per heavy atom. The van der Waals surface area contributed by atoms with Gasteiger partial charge in [-0.2, -0.15) is 8.78 Å². The van der Waals surface area contributed by atoms with Crippen molar-refractivity contribution in [1.82, 2.24) is 0 Å². The van der Waals surface area contributed by atoms with Gasteiger partial charge in [0.25, 0.3) is 0 Å². The number of benzene rings is 2. The van der Waals surface area contributed by atoms with E-state index in [2.05, 4.69) is 4.74 Å². The minimum absolute atomic E-state index is 0.379. The molecule has 0 aliphatic carbocycles. The van der Waals surface area contributed by atoms with E-state index in [4.69, 9.17) is 5.11 Å². The van der Waals surface area contributed by atoms with Crippen molar-refractivity contribution in [2.45, 2.75) is 6.11 Å². The van der Waals surface area contributed by atoms with E-state index in [1.165, 1.54) is 0 Å². The van der Waals surface area contributed by atoms with Crippen LogP contribution < -0.4 is 4.74 Å². The molecule has 0 radical (unpaired) electrons. The molecule has 0 fully saturated rings. The predicted octanol–water partition coefficient (Wildman–Crippen LogP) is 3.97. The fourth-order valence-electron chi connectivity index (χ4n) is 1.70. The van der Waals surface area contributed by atoms with E-state index in [0.717, 1.165) is 12.1 Å². The molecule has 0 saturated heterocycles. The first kappa shape index (κ1) is 16.7. The predicted molar refractivity (Wildman–Crippen MR) is 64.9 cm³/mol. The minimum atomic E-state index is -4.58. The summed E-state index contributed by atoms with van der Waals surface area (Å²) in [6, 6.07) is 3.04. The largest absolute Gasteiger partial charge is 0.501 e. The van der Waals surface area contributed by atoms with Crippen molar-refractivity contribution in [3.63, 3.8) is 0 Å². The molecule has 0 unspecified atom stereocenters. The number of hydrogen-bond donors (Lipinski definition) is 1. The van der Waals surface area contributed by atoms with Crippen LogP contribution in [0.3, 0.4) is 0 Å². The Morgan fingerprint density at radius 3 is 2.00 bits per heavy atom. The van der Waals surface area contributed by atoms with Crippen molar-refractivity contribution in [3.8, 4) is 16.9 Å². The van der Waals surface area contributed by atoms with Crippen LogP contribution >= 0.6 is 0 Å². The molecule has 0 spiro atoms. The topological polar surface area (TPSA) is 46.5 Å².